The first kappa shape index (κ1) is 27.9. The zero-order valence-corrected chi connectivity index (χ0v) is 26.4. The molecule has 48 heavy (non-hydrogen) atoms. The number of aromatic nitrogens is 1. The van der Waals surface area contributed by atoms with Crippen LogP contribution in [0, 0.1) is 0 Å². The van der Waals surface area contributed by atoms with E-state index >= 15 is 0 Å². The molecule has 0 N–H and O–H groups in total. The Morgan fingerprint density at radius 2 is 0.979 bits per heavy atom. The van der Waals surface area contributed by atoms with Gasteiger partial charge in [-0.15, -0.1) is 0 Å². The van der Waals surface area contributed by atoms with E-state index in [1.807, 2.05) is 0 Å². The van der Waals surface area contributed by atoms with Crippen molar-refractivity contribution in [3.63, 3.8) is 0 Å². The van der Waals surface area contributed by atoms with Crippen molar-refractivity contribution in [2.24, 2.45) is 0 Å². The van der Waals surface area contributed by atoms with Gasteiger partial charge in [0, 0.05) is 33.5 Å². The van der Waals surface area contributed by atoms with E-state index in [0.29, 0.717) is 0 Å². The molecule has 0 bridgehead atoms. The number of fused-ring (bicyclic) bond motifs is 4. The molecule has 226 valence electrons. The van der Waals surface area contributed by atoms with Crippen LogP contribution in [0.3, 0.4) is 0 Å². The number of rotatable bonds is 6. The maximum absolute atomic E-state index is 2.41. The van der Waals surface area contributed by atoms with Gasteiger partial charge in [0.2, 0.25) is 0 Å². The highest BCUT2D eigenvalue weighted by molar-refractivity contribution is 6.16. The molecular weight excluding hydrogens is 581 g/mol. The Bertz CT molecular complexity index is 2530. The Morgan fingerprint density at radius 1 is 0.354 bits per heavy atom. The van der Waals surface area contributed by atoms with Crippen LogP contribution in [-0.2, 0) is 0 Å². The topological polar surface area (TPSA) is 8.17 Å². The molecule has 0 fully saturated rings. The third-order valence-electron chi connectivity index (χ3n) is 9.36. The summed E-state index contributed by atoms with van der Waals surface area (Å²) in [5.74, 6) is 0. The van der Waals surface area contributed by atoms with Crippen LogP contribution < -0.4 is 4.90 Å². The molecule has 9 aromatic rings. The second kappa shape index (κ2) is 11.8. The van der Waals surface area contributed by atoms with Gasteiger partial charge in [-0.25, -0.2) is 0 Å². The van der Waals surface area contributed by atoms with E-state index < -0.39 is 0 Å². The van der Waals surface area contributed by atoms with Gasteiger partial charge in [-0.3, -0.25) is 0 Å². The van der Waals surface area contributed by atoms with Crippen molar-refractivity contribution in [1.82, 2.24) is 4.57 Å². The van der Waals surface area contributed by atoms with E-state index in [1.165, 1.54) is 54.8 Å². The summed E-state index contributed by atoms with van der Waals surface area (Å²) in [5.41, 5.74) is 11.7. The Morgan fingerprint density at radius 3 is 1.75 bits per heavy atom. The third kappa shape index (κ3) is 4.83. The van der Waals surface area contributed by atoms with Crippen molar-refractivity contribution in [2.45, 2.75) is 0 Å². The summed E-state index contributed by atoms with van der Waals surface area (Å²) in [6.07, 6.45) is 0. The first-order chi connectivity index (χ1) is 23.8. The fraction of sp³-hybridized carbons (Fsp3) is 0. The van der Waals surface area contributed by atoms with Crippen LogP contribution in [0.1, 0.15) is 0 Å². The first-order valence-electron chi connectivity index (χ1n) is 16.4. The lowest BCUT2D eigenvalue weighted by molar-refractivity contribution is 1.18. The van der Waals surface area contributed by atoms with Crippen molar-refractivity contribution in [3.05, 3.63) is 194 Å². The highest BCUT2D eigenvalue weighted by Crippen LogP contribution is 2.42. The summed E-state index contributed by atoms with van der Waals surface area (Å²) in [5, 5.41) is 5.01. The molecule has 8 aromatic carbocycles. The van der Waals surface area contributed by atoms with Crippen LogP contribution in [0.5, 0.6) is 0 Å². The number of hydrogen-bond acceptors (Lipinski definition) is 1. The zero-order valence-electron chi connectivity index (χ0n) is 26.4. The maximum atomic E-state index is 2.41. The third-order valence-corrected chi connectivity index (χ3v) is 9.36. The lowest BCUT2D eigenvalue weighted by Gasteiger charge is -2.26. The summed E-state index contributed by atoms with van der Waals surface area (Å²) in [6, 6.07) is 69.8. The van der Waals surface area contributed by atoms with Crippen LogP contribution in [-0.4, -0.2) is 4.57 Å². The SMILES string of the molecule is c1ccc(-c2cccc3c2c2ccc(N(c4ccccc4)c4ccc(-c5ccc6ccccc6c5)cc4)cc2n3-c2ccccc2)cc1. The number of benzene rings is 8. The standard InChI is InChI=1S/C46H32N2/c1-4-14-35(15-5-1)42-21-12-22-44-46(42)43-30-29-41(32-45(43)48(44)39-19-8-3-9-20-39)47(38-17-6-2-7-18-38)40-27-25-34(26-28-40)37-24-23-33-13-10-11-16-36(33)31-37/h1-32H. The summed E-state index contributed by atoms with van der Waals surface area (Å²) in [4.78, 5) is 2.36. The molecule has 2 nitrogen and oxygen atoms in total. The van der Waals surface area contributed by atoms with Crippen LogP contribution in [0.2, 0.25) is 0 Å². The highest BCUT2D eigenvalue weighted by atomic mass is 15.1. The highest BCUT2D eigenvalue weighted by Gasteiger charge is 2.19. The van der Waals surface area contributed by atoms with Gasteiger partial charge in [0.1, 0.15) is 0 Å². The number of anilines is 3. The lowest BCUT2D eigenvalue weighted by Crippen LogP contribution is -2.10. The van der Waals surface area contributed by atoms with Crippen LogP contribution in [0.25, 0.3) is 60.5 Å². The minimum Gasteiger partial charge on any atom is -0.310 e. The van der Waals surface area contributed by atoms with Crippen LogP contribution >= 0.6 is 0 Å². The fourth-order valence-corrected chi connectivity index (χ4v) is 7.10. The molecule has 0 aliphatic rings. The smallest absolute Gasteiger partial charge is 0.0562 e. The Hall–Kier alpha value is -6.38. The molecule has 0 radical (unpaired) electrons. The minimum atomic E-state index is 1.11. The fourth-order valence-electron chi connectivity index (χ4n) is 7.10. The molecule has 0 atom stereocenters. The zero-order chi connectivity index (χ0) is 31.9. The van der Waals surface area contributed by atoms with Crippen molar-refractivity contribution in [1.29, 1.82) is 0 Å². The molecule has 0 aliphatic heterocycles. The summed E-state index contributed by atoms with van der Waals surface area (Å²) >= 11 is 0. The van der Waals surface area contributed by atoms with Gasteiger partial charge >= 0.3 is 0 Å². The van der Waals surface area contributed by atoms with Gasteiger partial charge in [0.05, 0.1) is 11.0 Å². The van der Waals surface area contributed by atoms with Crippen molar-refractivity contribution in [3.8, 4) is 27.9 Å². The molecule has 0 aliphatic carbocycles. The summed E-state index contributed by atoms with van der Waals surface area (Å²) in [7, 11) is 0. The molecule has 0 saturated heterocycles. The van der Waals surface area contributed by atoms with Gasteiger partial charge in [-0.2, -0.15) is 0 Å². The normalized spacial score (nSPS) is 11.3. The van der Waals surface area contributed by atoms with E-state index in [1.54, 1.807) is 0 Å². The van der Waals surface area contributed by atoms with E-state index in [-0.39, 0.29) is 0 Å². The first-order valence-corrected chi connectivity index (χ1v) is 16.4. The average molecular weight is 613 g/mol. The minimum absolute atomic E-state index is 1.11. The second-order valence-corrected chi connectivity index (χ2v) is 12.2. The van der Waals surface area contributed by atoms with Gasteiger partial charge in [0.15, 0.2) is 0 Å². The molecule has 0 saturated carbocycles. The molecule has 0 spiro atoms. The van der Waals surface area contributed by atoms with Crippen molar-refractivity contribution in [2.75, 3.05) is 4.90 Å². The van der Waals surface area contributed by atoms with E-state index in [9.17, 15) is 0 Å². The van der Waals surface area contributed by atoms with E-state index in [2.05, 4.69) is 204 Å². The molecule has 0 amide bonds. The molecule has 9 rings (SSSR count). The van der Waals surface area contributed by atoms with Crippen molar-refractivity contribution < 1.29 is 0 Å². The maximum Gasteiger partial charge on any atom is 0.0562 e. The summed E-state index contributed by atoms with van der Waals surface area (Å²) in [6.45, 7) is 0. The molecule has 1 aromatic heterocycles. The van der Waals surface area contributed by atoms with E-state index in [4.69, 9.17) is 0 Å². The molecule has 0 unspecified atom stereocenters. The van der Waals surface area contributed by atoms with Crippen LogP contribution in [0.4, 0.5) is 17.1 Å². The van der Waals surface area contributed by atoms with E-state index in [0.717, 1.165) is 22.7 Å². The molecular formula is C46H32N2. The Labute approximate surface area is 280 Å². The predicted octanol–water partition coefficient (Wildman–Crippen LogP) is 12.7. The number of nitrogens with zero attached hydrogens (tertiary/aromatic N) is 2. The second-order valence-electron chi connectivity index (χ2n) is 12.2. The Balaban J connectivity index is 1.23. The monoisotopic (exact) mass is 612 g/mol. The van der Waals surface area contributed by atoms with Gasteiger partial charge in [-0.1, -0.05) is 133 Å². The van der Waals surface area contributed by atoms with Gasteiger partial charge in [0.25, 0.3) is 0 Å². The summed E-state index contributed by atoms with van der Waals surface area (Å²) < 4.78 is 2.41. The quantitative estimate of drug-likeness (QED) is 0.181. The largest absolute Gasteiger partial charge is 0.310 e. The van der Waals surface area contributed by atoms with Gasteiger partial charge < -0.3 is 9.47 Å². The molecule has 1 heterocycles. The van der Waals surface area contributed by atoms with Crippen LogP contribution in [0.15, 0.2) is 194 Å². The lowest BCUT2D eigenvalue weighted by atomic mass is 9.99. The Kier molecular flexibility index (Phi) is 6.84. The molecule has 2 heteroatoms. The van der Waals surface area contributed by atoms with Crippen molar-refractivity contribution >= 4 is 49.6 Å². The predicted molar refractivity (Wildman–Crippen MR) is 204 cm³/mol. The van der Waals surface area contributed by atoms with Gasteiger partial charge in [-0.05, 0) is 93.7 Å². The number of hydrogen-bond donors (Lipinski definition) is 0. The number of para-hydroxylation sites is 2. The average Bonchev–Trinajstić information content (AvgIpc) is 3.50.